The number of nitrogens with zero attached hydrogens (tertiary/aromatic N) is 2. The number of carbonyl (C=O) groups is 2. The Morgan fingerprint density at radius 2 is 1.85 bits per heavy atom. The van der Waals surface area contributed by atoms with E-state index in [9.17, 15) is 9.59 Å². The molecule has 0 aromatic carbocycles. The molecule has 0 unspecified atom stereocenters. The van der Waals surface area contributed by atoms with Crippen molar-refractivity contribution in [1.29, 1.82) is 0 Å². The van der Waals surface area contributed by atoms with Crippen LogP contribution in [0.5, 0.6) is 0 Å². The molecule has 2 amide bonds. The minimum Gasteiger partial charge on any atom is -0.348 e. The Bertz CT molecular complexity index is 752. The average molecular weight is 372 g/mol. The van der Waals surface area contributed by atoms with Crippen molar-refractivity contribution < 1.29 is 9.59 Å². The van der Waals surface area contributed by atoms with E-state index in [-0.39, 0.29) is 17.9 Å². The Hall–Kier alpha value is -2.25. The highest BCUT2D eigenvalue weighted by Gasteiger charge is 2.24. The number of nitrogens with one attached hydrogen (secondary N) is 2. The number of piperidine rings is 1. The predicted molar refractivity (Wildman–Crippen MR) is 104 cm³/mol. The molecule has 2 aromatic heterocycles. The van der Waals surface area contributed by atoms with Crippen molar-refractivity contribution >= 4 is 28.8 Å². The molecule has 7 heteroatoms. The van der Waals surface area contributed by atoms with E-state index < -0.39 is 0 Å². The van der Waals surface area contributed by atoms with E-state index in [1.165, 1.54) is 11.3 Å². The van der Waals surface area contributed by atoms with Crippen LogP contribution < -0.4 is 10.6 Å². The number of likely N-dealkylation sites (tertiary alicyclic amines) is 1. The molecule has 1 saturated heterocycles. The summed E-state index contributed by atoms with van der Waals surface area (Å²) in [5.74, 6) is -0.363. The first-order valence-electron chi connectivity index (χ1n) is 8.88. The lowest BCUT2D eigenvalue weighted by Gasteiger charge is -2.34. The molecular formula is C19H24N4O2S. The van der Waals surface area contributed by atoms with Gasteiger partial charge in [0.2, 0.25) is 0 Å². The summed E-state index contributed by atoms with van der Waals surface area (Å²) < 4.78 is 0. The average Bonchev–Trinajstić information content (AvgIpc) is 3.11. The van der Waals surface area contributed by atoms with Gasteiger partial charge in [0.15, 0.2) is 0 Å². The zero-order chi connectivity index (χ0) is 18.5. The van der Waals surface area contributed by atoms with Crippen molar-refractivity contribution in [3.05, 3.63) is 46.4 Å². The number of hydrogen-bond acceptors (Lipinski definition) is 5. The smallest absolute Gasteiger partial charge is 0.263 e. The normalized spacial score (nSPS) is 15.8. The van der Waals surface area contributed by atoms with Crippen LogP contribution in [0.1, 0.15) is 46.7 Å². The molecule has 3 rings (SSSR count). The zero-order valence-corrected chi connectivity index (χ0v) is 15.9. The molecule has 1 fully saturated rings. The summed E-state index contributed by atoms with van der Waals surface area (Å²) in [5, 5.41) is 7.76. The van der Waals surface area contributed by atoms with Gasteiger partial charge in [-0.15, -0.1) is 11.3 Å². The van der Waals surface area contributed by atoms with Crippen molar-refractivity contribution in [3.8, 4) is 0 Å². The molecule has 0 aliphatic carbocycles. The SMILES string of the molecule is CC(C)N1CCC(NC(=O)c2sccc2NC(=O)c2ccncc2)CC1. The first-order valence-corrected chi connectivity index (χ1v) is 9.76. The second-order valence-corrected chi connectivity index (χ2v) is 7.65. The topological polar surface area (TPSA) is 74.3 Å². The third-order valence-corrected chi connectivity index (χ3v) is 5.57. The quantitative estimate of drug-likeness (QED) is 0.846. The van der Waals surface area contributed by atoms with Crippen molar-refractivity contribution in [2.75, 3.05) is 18.4 Å². The molecule has 6 nitrogen and oxygen atoms in total. The lowest BCUT2D eigenvalue weighted by Crippen LogP contribution is -2.46. The number of thiophene rings is 1. The second kappa shape index (κ2) is 8.42. The monoisotopic (exact) mass is 372 g/mol. The lowest BCUT2D eigenvalue weighted by atomic mass is 10.0. The number of amides is 2. The maximum Gasteiger partial charge on any atom is 0.263 e. The van der Waals surface area contributed by atoms with Gasteiger partial charge in [0.05, 0.1) is 5.69 Å². The lowest BCUT2D eigenvalue weighted by molar-refractivity contribution is 0.0905. The third-order valence-electron chi connectivity index (χ3n) is 4.66. The molecule has 0 saturated carbocycles. The van der Waals surface area contributed by atoms with Crippen molar-refractivity contribution in [2.24, 2.45) is 0 Å². The van der Waals surface area contributed by atoms with E-state index in [4.69, 9.17) is 0 Å². The maximum atomic E-state index is 12.7. The fourth-order valence-electron chi connectivity index (χ4n) is 3.09. The van der Waals surface area contributed by atoms with Crippen LogP contribution in [0.3, 0.4) is 0 Å². The van der Waals surface area contributed by atoms with Crippen LogP contribution in [-0.2, 0) is 0 Å². The van der Waals surface area contributed by atoms with Gasteiger partial charge in [-0.2, -0.15) is 0 Å². The second-order valence-electron chi connectivity index (χ2n) is 6.73. The van der Waals surface area contributed by atoms with Gasteiger partial charge >= 0.3 is 0 Å². The van der Waals surface area contributed by atoms with Gasteiger partial charge in [0.1, 0.15) is 4.88 Å². The van der Waals surface area contributed by atoms with Crippen LogP contribution in [0.25, 0.3) is 0 Å². The first-order chi connectivity index (χ1) is 12.5. The van der Waals surface area contributed by atoms with Crippen LogP contribution >= 0.6 is 11.3 Å². The van der Waals surface area contributed by atoms with Gasteiger partial charge in [-0.05, 0) is 50.3 Å². The number of hydrogen-bond donors (Lipinski definition) is 2. The highest BCUT2D eigenvalue weighted by molar-refractivity contribution is 7.12. The van der Waals surface area contributed by atoms with E-state index >= 15 is 0 Å². The summed E-state index contributed by atoms with van der Waals surface area (Å²) in [7, 11) is 0. The Balaban J connectivity index is 1.59. The van der Waals surface area contributed by atoms with E-state index in [0.717, 1.165) is 25.9 Å². The molecule has 2 aromatic rings. The van der Waals surface area contributed by atoms with Gasteiger partial charge in [0.25, 0.3) is 11.8 Å². The summed E-state index contributed by atoms with van der Waals surface area (Å²) >= 11 is 1.34. The highest BCUT2D eigenvalue weighted by Crippen LogP contribution is 2.24. The molecule has 2 N–H and O–H groups in total. The Labute approximate surface area is 157 Å². The summed E-state index contributed by atoms with van der Waals surface area (Å²) in [4.78, 5) is 31.8. The highest BCUT2D eigenvalue weighted by atomic mass is 32.1. The molecule has 0 bridgehead atoms. The van der Waals surface area contributed by atoms with Crippen LogP contribution in [0, 0.1) is 0 Å². The Morgan fingerprint density at radius 3 is 2.50 bits per heavy atom. The van der Waals surface area contributed by atoms with E-state index in [1.807, 2.05) is 5.38 Å². The standard InChI is InChI=1S/C19H24N4O2S/c1-13(2)23-10-5-15(6-11-23)21-19(25)17-16(7-12-26-17)22-18(24)14-3-8-20-9-4-14/h3-4,7-9,12-13,15H,5-6,10-11H2,1-2H3,(H,21,25)(H,22,24). The van der Waals surface area contributed by atoms with E-state index in [2.05, 4.69) is 34.4 Å². The van der Waals surface area contributed by atoms with Crippen molar-refractivity contribution in [3.63, 3.8) is 0 Å². The van der Waals surface area contributed by atoms with Gasteiger partial charge in [-0.25, -0.2) is 0 Å². The summed E-state index contributed by atoms with van der Waals surface area (Å²) in [6.45, 7) is 6.39. The van der Waals surface area contributed by atoms with Crippen LogP contribution in [0.4, 0.5) is 5.69 Å². The molecule has 26 heavy (non-hydrogen) atoms. The van der Waals surface area contributed by atoms with Crippen LogP contribution in [0.2, 0.25) is 0 Å². The molecule has 0 spiro atoms. The minimum atomic E-state index is -0.245. The van der Waals surface area contributed by atoms with Crippen molar-refractivity contribution in [1.82, 2.24) is 15.2 Å². The largest absolute Gasteiger partial charge is 0.348 e. The minimum absolute atomic E-state index is 0.118. The summed E-state index contributed by atoms with van der Waals surface area (Å²) in [6.07, 6.45) is 5.04. The Morgan fingerprint density at radius 1 is 1.15 bits per heavy atom. The van der Waals surface area contributed by atoms with Crippen LogP contribution in [-0.4, -0.2) is 46.9 Å². The number of carbonyl (C=O) groups excluding carboxylic acids is 2. The number of rotatable bonds is 5. The van der Waals surface area contributed by atoms with Gasteiger partial charge in [-0.1, -0.05) is 0 Å². The molecular weight excluding hydrogens is 348 g/mol. The number of anilines is 1. The van der Waals surface area contributed by atoms with E-state index in [0.29, 0.717) is 22.2 Å². The molecule has 1 aliphatic rings. The third kappa shape index (κ3) is 4.47. The summed E-state index contributed by atoms with van der Waals surface area (Å²) in [6, 6.07) is 5.77. The fraction of sp³-hybridized carbons (Fsp3) is 0.421. The van der Waals surface area contributed by atoms with Gasteiger partial charge < -0.3 is 15.5 Å². The Kier molecular flexibility index (Phi) is 6.00. The maximum absolute atomic E-state index is 12.7. The molecule has 1 aliphatic heterocycles. The molecule has 0 atom stereocenters. The number of aromatic nitrogens is 1. The fourth-order valence-corrected chi connectivity index (χ4v) is 3.84. The van der Waals surface area contributed by atoms with Gasteiger partial charge in [-0.3, -0.25) is 14.6 Å². The summed E-state index contributed by atoms with van der Waals surface area (Å²) in [5.41, 5.74) is 1.06. The first kappa shape index (κ1) is 18.5. The molecule has 3 heterocycles. The predicted octanol–water partition coefficient (Wildman–Crippen LogP) is 3.00. The zero-order valence-electron chi connectivity index (χ0n) is 15.1. The molecule has 138 valence electrons. The molecule has 0 radical (unpaired) electrons. The van der Waals surface area contributed by atoms with Crippen molar-refractivity contribution in [2.45, 2.75) is 38.8 Å². The van der Waals surface area contributed by atoms with E-state index in [1.54, 1.807) is 30.6 Å². The van der Waals surface area contributed by atoms with Crippen LogP contribution in [0.15, 0.2) is 36.0 Å². The van der Waals surface area contributed by atoms with Gasteiger partial charge in [0, 0.05) is 43.1 Å². The number of pyridine rings is 1.